The van der Waals surface area contributed by atoms with Crippen LogP contribution in [0.15, 0.2) is 53.5 Å². The minimum atomic E-state index is -0.418. The van der Waals surface area contributed by atoms with E-state index in [-0.39, 0.29) is 30.7 Å². The zero-order chi connectivity index (χ0) is 17.2. The van der Waals surface area contributed by atoms with Gasteiger partial charge in [0.05, 0.1) is 17.1 Å². The lowest BCUT2D eigenvalue weighted by Gasteiger charge is -2.31. The third-order valence-corrected chi connectivity index (χ3v) is 4.75. The van der Waals surface area contributed by atoms with E-state index in [9.17, 15) is 4.79 Å². The minimum Gasteiger partial charge on any atom is -0.367 e. The van der Waals surface area contributed by atoms with E-state index in [1.807, 2.05) is 43.3 Å². The van der Waals surface area contributed by atoms with Crippen LogP contribution in [0.5, 0.6) is 0 Å². The minimum absolute atomic E-state index is 0. The van der Waals surface area contributed by atoms with Crippen LogP contribution < -0.4 is 15.5 Å². The van der Waals surface area contributed by atoms with Crippen LogP contribution in [-0.4, -0.2) is 43.8 Å². The van der Waals surface area contributed by atoms with Gasteiger partial charge >= 0.3 is 0 Å². The number of hydrogen-bond acceptors (Lipinski definition) is 4. The van der Waals surface area contributed by atoms with E-state index in [1.54, 1.807) is 0 Å². The summed E-state index contributed by atoms with van der Waals surface area (Å²) in [6, 6.07) is 15.9. The number of carbonyl (C=O) groups excluding carboxylic acids is 1. The molecule has 2 aliphatic heterocycles. The zero-order valence-corrected chi connectivity index (χ0v) is 16.8. The van der Waals surface area contributed by atoms with Gasteiger partial charge in [-0.25, -0.2) is 0 Å². The Labute approximate surface area is 172 Å². The number of halogens is 2. The Morgan fingerprint density at radius 2 is 1.70 bits per heavy atom. The average molecular weight is 407 g/mol. The summed E-state index contributed by atoms with van der Waals surface area (Å²) < 4.78 is 0. The van der Waals surface area contributed by atoms with Crippen molar-refractivity contribution in [2.24, 2.45) is 4.99 Å². The van der Waals surface area contributed by atoms with Crippen molar-refractivity contribution < 1.29 is 4.79 Å². The van der Waals surface area contributed by atoms with E-state index >= 15 is 0 Å². The van der Waals surface area contributed by atoms with Crippen LogP contribution in [0.2, 0.25) is 0 Å². The molecule has 2 aromatic carbocycles. The van der Waals surface area contributed by atoms with Crippen LogP contribution in [0.1, 0.15) is 18.1 Å². The number of rotatable bonds is 2. The smallest absolute Gasteiger partial charge is 0.248 e. The summed E-state index contributed by atoms with van der Waals surface area (Å²) in [4.78, 5) is 19.6. The Kier molecular flexibility index (Phi) is 7.25. The van der Waals surface area contributed by atoms with Crippen LogP contribution in [0.3, 0.4) is 0 Å². The molecule has 0 unspecified atom stereocenters. The summed E-state index contributed by atoms with van der Waals surface area (Å²) in [5.41, 5.74) is 4.84. The first-order chi connectivity index (χ1) is 12.2. The van der Waals surface area contributed by atoms with Gasteiger partial charge in [-0.05, 0) is 13.0 Å². The Balaban J connectivity index is 0.00000131. The number of benzene rings is 2. The topological polar surface area (TPSA) is 56.7 Å². The maximum absolute atomic E-state index is 12.5. The Hall–Kier alpha value is -2.08. The van der Waals surface area contributed by atoms with Crippen molar-refractivity contribution in [1.82, 2.24) is 5.32 Å². The number of anilines is 2. The number of para-hydroxylation sites is 1. The van der Waals surface area contributed by atoms with Gasteiger partial charge in [0.15, 0.2) is 0 Å². The second-order valence-electron chi connectivity index (χ2n) is 6.45. The number of nitrogens with one attached hydrogen (secondary N) is 2. The normalized spacial score (nSPS) is 18.9. The predicted molar refractivity (Wildman–Crippen MR) is 116 cm³/mol. The maximum Gasteiger partial charge on any atom is 0.248 e. The lowest BCUT2D eigenvalue weighted by Crippen LogP contribution is -2.44. The number of nitrogens with zero attached hydrogens (tertiary/aromatic N) is 2. The second kappa shape index (κ2) is 9.22. The van der Waals surface area contributed by atoms with Gasteiger partial charge in [0.1, 0.15) is 6.04 Å². The molecule has 0 saturated carbocycles. The monoisotopic (exact) mass is 406 g/mol. The van der Waals surface area contributed by atoms with Crippen molar-refractivity contribution in [3.63, 3.8) is 0 Å². The van der Waals surface area contributed by atoms with E-state index in [1.165, 1.54) is 0 Å². The van der Waals surface area contributed by atoms with Gasteiger partial charge in [-0.2, -0.15) is 0 Å². The van der Waals surface area contributed by atoms with Crippen LogP contribution in [-0.2, 0) is 4.79 Å². The van der Waals surface area contributed by atoms with Crippen molar-refractivity contribution >= 4 is 47.8 Å². The van der Waals surface area contributed by atoms with Crippen LogP contribution in [0.25, 0.3) is 0 Å². The number of fused-ring (bicyclic) bond motifs is 1. The molecule has 4 rings (SSSR count). The first-order valence-corrected chi connectivity index (χ1v) is 8.77. The molecule has 2 heterocycles. The first-order valence-electron chi connectivity index (χ1n) is 8.77. The van der Waals surface area contributed by atoms with Gasteiger partial charge in [0.25, 0.3) is 0 Å². The largest absolute Gasteiger partial charge is 0.367 e. The van der Waals surface area contributed by atoms with Crippen LogP contribution >= 0.6 is 24.8 Å². The molecule has 1 saturated heterocycles. The molecule has 1 atom stereocenters. The van der Waals surface area contributed by atoms with Gasteiger partial charge in [0.2, 0.25) is 5.91 Å². The molecule has 0 aromatic heterocycles. The molecule has 0 bridgehead atoms. The fourth-order valence-electron chi connectivity index (χ4n) is 3.41. The van der Waals surface area contributed by atoms with Crippen LogP contribution in [0, 0.1) is 0 Å². The van der Waals surface area contributed by atoms with Gasteiger partial charge in [0, 0.05) is 37.3 Å². The molecule has 144 valence electrons. The van der Waals surface area contributed by atoms with E-state index in [4.69, 9.17) is 4.99 Å². The molecular formula is C20H24Cl2N4O. The number of aliphatic imine (C=N–C) groups is 1. The number of carbonyl (C=O) groups is 1. The van der Waals surface area contributed by atoms with Crippen molar-refractivity contribution in [1.29, 1.82) is 0 Å². The van der Waals surface area contributed by atoms with Crippen molar-refractivity contribution in [2.45, 2.75) is 13.0 Å². The Bertz CT molecular complexity index is 820. The number of benzodiazepines with no additional fused rings is 1. The highest BCUT2D eigenvalue weighted by Crippen LogP contribution is 2.33. The third kappa shape index (κ3) is 4.26. The van der Waals surface area contributed by atoms with E-state index in [0.717, 1.165) is 54.4 Å². The summed E-state index contributed by atoms with van der Waals surface area (Å²) in [5, 5.41) is 6.50. The predicted octanol–water partition coefficient (Wildman–Crippen LogP) is 3.12. The SMILES string of the molecule is C[C@H]1N=C(c2ccccc2)c2cccc(N3CCNCC3)c2NC1=O.Cl.Cl. The lowest BCUT2D eigenvalue weighted by molar-refractivity contribution is -0.116. The van der Waals surface area contributed by atoms with E-state index < -0.39 is 6.04 Å². The van der Waals surface area contributed by atoms with E-state index in [2.05, 4.69) is 27.7 Å². The van der Waals surface area contributed by atoms with Gasteiger partial charge < -0.3 is 15.5 Å². The van der Waals surface area contributed by atoms with Gasteiger partial charge in [-0.15, -0.1) is 24.8 Å². The summed E-state index contributed by atoms with van der Waals surface area (Å²) in [7, 11) is 0. The molecular weight excluding hydrogens is 383 g/mol. The summed E-state index contributed by atoms with van der Waals surface area (Å²) >= 11 is 0. The number of piperazine rings is 1. The fraction of sp³-hybridized carbons (Fsp3) is 0.300. The maximum atomic E-state index is 12.5. The Morgan fingerprint density at radius 1 is 1.00 bits per heavy atom. The highest BCUT2D eigenvalue weighted by molar-refractivity contribution is 6.21. The molecule has 7 heteroatoms. The average Bonchev–Trinajstić information content (AvgIpc) is 2.79. The molecule has 0 radical (unpaired) electrons. The quantitative estimate of drug-likeness (QED) is 0.805. The summed E-state index contributed by atoms with van der Waals surface area (Å²) in [6.45, 7) is 5.61. The number of hydrogen-bond donors (Lipinski definition) is 2. The molecule has 5 nitrogen and oxygen atoms in total. The molecule has 2 aliphatic rings. The molecule has 0 spiro atoms. The highest BCUT2D eigenvalue weighted by Gasteiger charge is 2.26. The van der Waals surface area contributed by atoms with Crippen molar-refractivity contribution in [2.75, 3.05) is 36.4 Å². The van der Waals surface area contributed by atoms with Crippen LogP contribution in [0.4, 0.5) is 11.4 Å². The van der Waals surface area contributed by atoms with E-state index in [0.29, 0.717) is 0 Å². The second-order valence-corrected chi connectivity index (χ2v) is 6.45. The molecule has 1 fully saturated rings. The first kappa shape index (κ1) is 21.2. The van der Waals surface area contributed by atoms with Gasteiger partial charge in [-0.3, -0.25) is 9.79 Å². The molecule has 27 heavy (non-hydrogen) atoms. The zero-order valence-electron chi connectivity index (χ0n) is 15.1. The summed E-state index contributed by atoms with van der Waals surface area (Å²) in [6.07, 6.45) is 0. The highest BCUT2D eigenvalue weighted by atomic mass is 35.5. The third-order valence-electron chi connectivity index (χ3n) is 4.75. The molecule has 0 aliphatic carbocycles. The Morgan fingerprint density at radius 3 is 2.41 bits per heavy atom. The molecule has 2 aromatic rings. The van der Waals surface area contributed by atoms with Crippen molar-refractivity contribution in [3.05, 3.63) is 59.7 Å². The molecule has 1 amide bonds. The fourth-order valence-corrected chi connectivity index (χ4v) is 3.41. The van der Waals surface area contributed by atoms with Gasteiger partial charge in [-0.1, -0.05) is 42.5 Å². The number of amides is 1. The summed E-state index contributed by atoms with van der Waals surface area (Å²) in [5.74, 6) is -0.0604. The molecule has 2 N–H and O–H groups in total. The standard InChI is InChI=1S/C20H22N4O.2ClH/c1-14-20(25)23-19-16(18(22-14)15-6-3-2-4-7-15)8-5-9-17(19)24-12-10-21-11-13-24;;/h2-9,14,21H,10-13H2,1H3,(H,23,25);2*1H/t14-;;/m1../s1. The lowest BCUT2D eigenvalue weighted by atomic mass is 9.99. The van der Waals surface area contributed by atoms with Crippen molar-refractivity contribution in [3.8, 4) is 0 Å².